The Hall–Kier alpha value is -0.0900. The molecule has 0 radical (unpaired) electrons. The fourth-order valence-electron chi connectivity index (χ4n) is 1.59. The summed E-state index contributed by atoms with van der Waals surface area (Å²) in [6, 6.07) is 0. The summed E-state index contributed by atoms with van der Waals surface area (Å²) in [5, 5.41) is 4.19. The number of ether oxygens (including phenoxy) is 1. The molecule has 2 unspecified atom stereocenters. The van der Waals surface area contributed by atoms with E-state index >= 15 is 0 Å². The number of hydrogen-bond acceptors (Lipinski definition) is 3. The fraction of sp³-hybridized carbons (Fsp3) is 0.909. The molecule has 1 saturated heterocycles. The van der Waals surface area contributed by atoms with Crippen molar-refractivity contribution in [2.75, 3.05) is 11.9 Å². The third-order valence-corrected chi connectivity index (χ3v) is 3.07. The van der Waals surface area contributed by atoms with Crippen LogP contribution in [0.5, 0.6) is 0 Å². The fourth-order valence-corrected chi connectivity index (χ4v) is 2.18. The van der Waals surface area contributed by atoms with E-state index in [0.29, 0.717) is 5.92 Å². The molecule has 0 aromatic carbocycles. The first kappa shape index (κ1) is 13.0. The number of nitrogens with one attached hydrogen (secondary N) is 1. The van der Waals surface area contributed by atoms with Gasteiger partial charge in [-0.1, -0.05) is 15.9 Å². The molecule has 2 atom stereocenters. The molecule has 0 aliphatic carbocycles. The van der Waals surface area contributed by atoms with Gasteiger partial charge in [0.15, 0.2) is 6.23 Å². The summed E-state index contributed by atoms with van der Waals surface area (Å²) in [5.41, 5.74) is -0.413. The van der Waals surface area contributed by atoms with Crippen LogP contribution >= 0.6 is 15.9 Å². The van der Waals surface area contributed by atoms with Crippen molar-refractivity contribution in [2.45, 2.75) is 39.8 Å². The summed E-state index contributed by atoms with van der Waals surface area (Å²) in [6.45, 7) is 6.58. The molecule has 1 aliphatic heterocycles. The predicted octanol–water partition coefficient (Wildman–Crippen LogP) is 2.30. The van der Waals surface area contributed by atoms with E-state index in [2.05, 4.69) is 21.2 Å². The quantitative estimate of drug-likeness (QED) is 0.636. The van der Waals surface area contributed by atoms with Crippen LogP contribution in [-0.2, 0) is 9.53 Å². The Labute approximate surface area is 100 Å². The molecule has 1 heterocycles. The van der Waals surface area contributed by atoms with Crippen molar-refractivity contribution >= 4 is 21.9 Å². The maximum atomic E-state index is 11.7. The van der Waals surface area contributed by atoms with E-state index in [1.165, 1.54) is 0 Å². The molecule has 0 aromatic heterocycles. The predicted molar refractivity (Wildman–Crippen MR) is 63.9 cm³/mol. The Morgan fingerprint density at radius 3 is 2.73 bits per heavy atom. The van der Waals surface area contributed by atoms with Gasteiger partial charge in [-0.25, -0.2) is 0 Å². The Bertz CT molecular complexity index is 225. The normalized spacial score (nSPS) is 26.7. The minimum absolute atomic E-state index is 0.0886. The van der Waals surface area contributed by atoms with Crippen molar-refractivity contribution in [1.82, 2.24) is 5.32 Å². The van der Waals surface area contributed by atoms with Gasteiger partial charge in [0.05, 0.1) is 5.41 Å². The maximum Gasteiger partial charge on any atom is 0.312 e. The van der Waals surface area contributed by atoms with Crippen molar-refractivity contribution in [3.8, 4) is 0 Å². The number of alkyl halides is 1. The number of hydrogen-bond donors (Lipinski definition) is 1. The lowest BCUT2D eigenvalue weighted by molar-refractivity contribution is -0.161. The van der Waals surface area contributed by atoms with E-state index in [1.54, 1.807) is 0 Å². The lowest BCUT2D eigenvalue weighted by atomic mass is 9.97. The number of esters is 1. The summed E-state index contributed by atoms with van der Waals surface area (Å²) in [5.74, 6) is 0.331. The van der Waals surface area contributed by atoms with E-state index in [9.17, 15) is 4.79 Å². The van der Waals surface area contributed by atoms with Crippen LogP contribution in [-0.4, -0.2) is 24.1 Å². The third kappa shape index (κ3) is 3.76. The molecular weight excluding hydrogens is 258 g/mol. The first-order chi connectivity index (χ1) is 6.95. The van der Waals surface area contributed by atoms with Crippen LogP contribution in [0, 0.1) is 11.3 Å². The second-order valence-electron chi connectivity index (χ2n) is 5.06. The smallest absolute Gasteiger partial charge is 0.312 e. The zero-order chi connectivity index (χ0) is 11.5. The van der Waals surface area contributed by atoms with E-state index in [-0.39, 0.29) is 12.2 Å². The van der Waals surface area contributed by atoms with E-state index in [0.717, 1.165) is 24.7 Å². The number of carbonyl (C=O) groups excluding carboxylic acids is 1. The number of halogens is 1. The topological polar surface area (TPSA) is 38.3 Å². The Kier molecular flexibility index (Phi) is 4.59. The highest BCUT2D eigenvalue weighted by Gasteiger charge is 2.33. The average Bonchev–Trinajstić information content (AvgIpc) is 2.52. The number of rotatable bonds is 3. The minimum atomic E-state index is -0.413. The summed E-state index contributed by atoms with van der Waals surface area (Å²) in [6.07, 6.45) is 2.05. The van der Waals surface area contributed by atoms with Crippen LogP contribution in [0.15, 0.2) is 0 Å². The van der Waals surface area contributed by atoms with Crippen LogP contribution in [0.3, 0.4) is 0 Å². The zero-order valence-corrected chi connectivity index (χ0v) is 11.3. The highest BCUT2D eigenvalue weighted by atomic mass is 79.9. The van der Waals surface area contributed by atoms with Gasteiger partial charge in [-0.05, 0) is 40.2 Å². The van der Waals surface area contributed by atoms with Crippen LogP contribution in [0.2, 0.25) is 0 Å². The first-order valence-electron chi connectivity index (χ1n) is 5.45. The molecule has 15 heavy (non-hydrogen) atoms. The molecule has 1 N–H and O–H groups in total. The minimum Gasteiger partial charge on any atom is -0.446 e. The maximum absolute atomic E-state index is 11.7. The van der Waals surface area contributed by atoms with Crippen molar-refractivity contribution in [3.63, 3.8) is 0 Å². The molecule has 1 rings (SSSR count). The van der Waals surface area contributed by atoms with Gasteiger partial charge >= 0.3 is 5.97 Å². The van der Waals surface area contributed by atoms with Crippen molar-refractivity contribution in [1.29, 1.82) is 0 Å². The molecule has 0 spiro atoms. The van der Waals surface area contributed by atoms with Crippen LogP contribution < -0.4 is 5.32 Å². The Morgan fingerprint density at radius 1 is 1.53 bits per heavy atom. The largest absolute Gasteiger partial charge is 0.446 e. The van der Waals surface area contributed by atoms with Gasteiger partial charge in [0, 0.05) is 11.2 Å². The molecule has 0 aromatic rings. The summed E-state index contributed by atoms with van der Waals surface area (Å²) in [4.78, 5) is 11.7. The summed E-state index contributed by atoms with van der Waals surface area (Å²) < 4.78 is 5.47. The molecule has 1 fully saturated rings. The van der Waals surface area contributed by atoms with Gasteiger partial charge in [-0.2, -0.15) is 0 Å². The SMILES string of the molecule is CC(C)(C)C(=O)OC1NCCC1CCBr. The van der Waals surface area contributed by atoms with Gasteiger partial charge in [-0.15, -0.1) is 0 Å². The van der Waals surface area contributed by atoms with Crippen LogP contribution in [0.25, 0.3) is 0 Å². The van der Waals surface area contributed by atoms with Gasteiger partial charge < -0.3 is 4.74 Å². The molecule has 1 aliphatic rings. The Balaban J connectivity index is 2.47. The average molecular weight is 278 g/mol. The summed E-state index contributed by atoms with van der Waals surface area (Å²) in [7, 11) is 0. The van der Waals surface area contributed by atoms with Crippen molar-refractivity contribution in [3.05, 3.63) is 0 Å². The first-order valence-corrected chi connectivity index (χ1v) is 6.57. The second-order valence-corrected chi connectivity index (χ2v) is 5.85. The molecule has 4 heteroatoms. The van der Waals surface area contributed by atoms with E-state index < -0.39 is 5.41 Å². The van der Waals surface area contributed by atoms with Gasteiger partial charge in [0.2, 0.25) is 0 Å². The Morgan fingerprint density at radius 2 is 2.20 bits per heavy atom. The molecule has 0 amide bonds. The summed E-state index contributed by atoms with van der Waals surface area (Å²) >= 11 is 3.42. The van der Waals surface area contributed by atoms with E-state index in [1.807, 2.05) is 20.8 Å². The van der Waals surface area contributed by atoms with Crippen molar-refractivity contribution < 1.29 is 9.53 Å². The second kappa shape index (κ2) is 5.30. The zero-order valence-electron chi connectivity index (χ0n) is 9.68. The highest BCUT2D eigenvalue weighted by molar-refractivity contribution is 9.09. The molecular formula is C11H20BrNO2. The van der Waals surface area contributed by atoms with Gasteiger partial charge in [0.25, 0.3) is 0 Å². The third-order valence-electron chi connectivity index (χ3n) is 2.62. The van der Waals surface area contributed by atoms with Gasteiger partial charge in [-0.3, -0.25) is 10.1 Å². The highest BCUT2D eigenvalue weighted by Crippen LogP contribution is 2.24. The molecule has 88 valence electrons. The van der Waals surface area contributed by atoms with Crippen LogP contribution in [0.4, 0.5) is 0 Å². The lowest BCUT2D eigenvalue weighted by Gasteiger charge is -2.24. The van der Waals surface area contributed by atoms with E-state index in [4.69, 9.17) is 4.74 Å². The van der Waals surface area contributed by atoms with Crippen LogP contribution in [0.1, 0.15) is 33.6 Å². The lowest BCUT2D eigenvalue weighted by Crippen LogP contribution is -2.36. The molecule has 3 nitrogen and oxygen atoms in total. The standard InChI is InChI=1S/C11H20BrNO2/c1-11(2,3)10(14)15-9-8(4-6-12)5-7-13-9/h8-9,13H,4-7H2,1-3H3. The van der Waals surface area contributed by atoms with Crippen molar-refractivity contribution in [2.24, 2.45) is 11.3 Å². The monoisotopic (exact) mass is 277 g/mol. The van der Waals surface area contributed by atoms with Gasteiger partial charge in [0.1, 0.15) is 0 Å². The molecule has 0 saturated carbocycles. The molecule has 0 bridgehead atoms. The number of carbonyl (C=O) groups is 1.